The molecule has 3 rings (SSSR count). The number of carbonyl (C=O) groups is 2. The Bertz CT molecular complexity index is 847. The number of hydrogen-bond acceptors (Lipinski definition) is 5. The fraction of sp³-hybridized carbons (Fsp3) is 0.368. The largest absolute Gasteiger partial charge is 0.352 e. The van der Waals surface area contributed by atoms with Crippen molar-refractivity contribution in [3.63, 3.8) is 0 Å². The van der Waals surface area contributed by atoms with E-state index in [0.717, 1.165) is 12.8 Å². The van der Waals surface area contributed by atoms with Crippen molar-refractivity contribution in [2.24, 2.45) is 0 Å². The van der Waals surface area contributed by atoms with E-state index in [0.29, 0.717) is 12.1 Å². The molecule has 1 aromatic carbocycles. The molecule has 0 radical (unpaired) electrons. The van der Waals surface area contributed by atoms with Gasteiger partial charge in [0.15, 0.2) is 0 Å². The number of fused-ring (bicyclic) bond motifs is 1. The van der Waals surface area contributed by atoms with Crippen LogP contribution >= 0.6 is 11.3 Å². The minimum absolute atomic E-state index is 0.0303. The minimum Gasteiger partial charge on any atom is -0.352 e. The Labute approximate surface area is 161 Å². The molecule has 2 aromatic rings. The number of amides is 2. The van der Waals surface area contributed by atoms with Crippen molar-refractivity contribution >= 4 is 28.8 Å². The van der Waals surface area contributed by atoms with E-state index in [1.54, 1.807) is 11.3 Å². The Balaban J connectivity index is 1.53. The van der Waals surface area contributed by atoms with Crippen LogP contribution in [0.5, 0.6) is 0 Å². The molecule has 1 unspecified atom stereocenters. The van der Waals surface area contributed by atoms with Crippen molar-refractivity contribution in [2.45, 2.75) is 32.2 Å². The Hall–Kier alpha value is -2.74. The lowest BCUT2D eigenvalue weighted by Gasteiger charge is -2.35. The molecule has 142 valence electrons. The normalized spacial score (nSPS) is 15.9. The quantitative estimate of drug-likeness (QED) is 0.608. The van der Waals surface area contributed by atoms with Crippen LogP contribution in [-0.2, 0) is 11.2 Å². The van der Waals surface area contributed by atoms with Gasteiger partial charge in [0.1, 0.15) is 0 Å². The molecule has 0 spiro atoms. The van der Waals surface area contributed by atoms with Gasteiger partial charge in [-0.25, -0.2) is 0 Å². The number of nitrogens with zero attached hydrogens (tertiary/aromatic N) is 2. The van der Waals surface area contributed by atoms with Gasteiger partial charge in [0.05, 0.1) is 11.0 Å². The topological polar surface area (TPSA) is 92.6 Å². The lowest BCUT2D eigenvalue weighted by molar-refractivity contribution is -0.384. The minimum atomic E-state index is -0.512. The summed E-state index contributed by atoms with van der Waals surface area (Å²) < 4.78 is 0. The van der Waals surface area contributed by atoms with Crippen molar-refractivity contribution in [3.8, 4) is 0 Å². The predicted octanol–water partition coefficient (Wildman–Crippen LogP) is 3.31. The van der Waals surface area contributed by atoms with Gasteiger partial charge in [-0.1, -0.05) is 6.92 Å². The maximum Gasteiger partial charge on any atom is 0.269 e. The second kappa shape index (κ2) is 8.30. The van der Waals surface area contributed by atoms with Crippen molar-refractivity contribution in [1.82, 2.24) is 10.2 Å². The van der Waals surface area contributed by atoms with Gasteiger partial charge in [0.25, 0.3) is 11.6 Å². The standard InChI is InChI=1S/C19H21N3O4S/c1-2-16-15-9-12-27-17(15)8-11-21(16)18(23)7-10-20-19(24)13-3-5-14(6-4-13)22(25)26/h3-6,9,12,16H,2,7-8,10-11H2,1H3,(H,20,24). The summed E-state index contributed by atoms with van der Waals surface area (Å²) in [5, 5.41) is 15.4. The summed E-state index contributed by atoms with van der Waals surface area (Å²) in [4.78, 5) is 38.2. The van der Waals surface area contributed by atoms with Crippen LogP contribution in [0, 0.1) is 10.1 Å². The molecule has 0 saturated heterocycles. The number of nitro groups is 1. The van der Waals surface area contributed by atoms with Gasteiger partial charge in [-0.05, 0) is 42.0 Å². The highest BCUT2D eigenvalue weighted by atomic mass is 32.1. The maximum absolute atomic E-state index is 12.6. The van der Waals surface area contributed by atoms with E-state index in [4.69, 9.17) is 0 Å². The highest BCUT2D eigenvalue weighted by Gasteiger charge is 2.29. The van der Waals surface area contributed by atoms with Gasteiger partial charge in [0, 0.05) is 42.1 Å². The molecule has 7 nitrogen and oxygen atoms in total. The molecule has 0 saturated carbocycles. The van der Waals surface area contributed by atoms with Gasteiger partial charge in [-0.3, -0.25) is 19.7 Å². The first-order valence-corrected chi connectivity index (χ1v) is 9.77. The summed E-state index contributed by atoms with van der Waals surface area (Å²) in [6.07, 6.45) is 1.98. The van der Waals surface area contributed by atoms with Crippen LogP contribution in [0.1, 0.15) is 46.6 Å². The van der Waals surface area contributed by atoms with Crippen LogP contribution in [-0.4, -0.2) is 34.7 Å². The molecule has 2 heterocycles. The number of nitro benzene ring substituents is 1. The molecule has 1 atom stereocenters. The van der Waals surface area contributed by atoms with E-state index >= 15 is 0 Å². The lowest BCUT2D eigenvalue weighted by Crippen LogP contribution is -2.40. The van der Waals surface area contributed by atoms with Crippen molar-refractivity contribution < 1.29 is 14.5 Å². The molecule has 2 amide bonds. The van der Waals surface area contributed by atoms with Crippen LogP contribution in [0.4, 0.5) is 5.69 Å². The lowest BCUT2D eigenvalue weighted by atomic mass is 9.97. The number of nitrogens with one attached hydrogen (secondary N) is 1. The van der Waals surface area contributed by atoms with Gasteiger partial charge < -0.3 is 10.2 Å². The third-order valence-electron chi connectivity index (χ3n) is 4.77. The zero-order chi connectivity index (χ0) is 19.4. The first-order valence-electron chi connectivity index (χ1n) is 8.89. The van der Waals surface area contributed by atoms with E-state index in [-0.39, 0.29) is 36.5 Å². The number of non-ortho nitro benzene ring substituents is 1. The fourth-order valence-electron chi connectivity index (χ4n) is 3.40. The number of benzene rings is 1. The Morgan fingerprint density at radius 3 is 2.70 bits per heavy atom. The van der Waals surface area contributed by atoms with E-state index in [1.807, 2.05) is 4.90 Å². The summed E-state index contributed by atoms with van der Waals surface area (Å²) in [5.74, 6) is -0.314. The van der Waals surface area contributed by atoms with E-state index in [2.05, 4.69) is 23.7 Å². The average molecular weight is 387 g/mol. The molecule has 8 heteroatoms. The van der Waals surface area contributed by atoms with Gasteiger partial charge >= 0.3 is 0 Å². The summed E-state index contributed by atoms with van der Waals surface area (Å²) in [6, 6.07) is 7.61. The first-order chi connectivity index (χ1) is 13.0. The third kappa shape index (κ3) is 4.16. The van der Waals surface area contributed by atoms with E-state index < -0.39 is 4.92 Å². The number of rotatable bonds is 6. The van der Waals surface area contributed by atoms with Crippen LogP contribution in [0.25, 0.3) is 0 Å². The molecular formula is C19H21N3O4S. The number of thiophene rings is 1. The van der Waals surface area contributed by atoms with Crippen molar-refractivity contribution in [1.29, 1.82) is 0 Å². The average Bonchev–Trinajstić information content (AvgIpc) is 3.15. The predicted molar refractivity (Wildman–Crippen MR) is 103 cm³/mol. The fourth-order valence-corrected chi connectivity index (χ4v) is 4.33. The highest BCUT2D eigenvalue weighted by Crippen LogP contribution is 2.35. The van der Waals surface area contributed by atoms with Gasteiger partial charge in [-0.15, -0.1) is 11.3 Å². The molecule has 27 heavy (non-hydrogen) atoms. The Kier molecular flexibility index (Phi) is 5.85. The summed E-state index contributed by atoms with van der Waals surface area (Å²) in [5.41, 5.74) is 1.52. The van der Waals surface area contributed by atoms with E-state index in [9.17, 15) is 19.7 Å². The molecule has 1 aliphatic rings. The number of carbonyl (C=O) groups excluding carboxylic acids is 2. The highest BCUT2D eigenvalue weighted by molar-refractivity contribution is 7.10. The number of hydrogen-bond donors (Lipinski definition) is 1. The molecule has 0 aliphatic carbocycles. The molecule has 1 aromatic heterocycles. The van der Waals surface area contributed by atoms with Gasteiger partial charge in [0.2, 0.25) is 5.91 Å². The smallest absolute Gasteiger partial charge is 0.269 e. The molecule has 1 N–H and O–H groups in total. The maximum atomic E-state index is 12.6. The molecule has 0 fully saturated rings. The summed E-state index contributed by atoms with van der Waals surface area (Å²) in [7, 11) is 0. The van der Waals surface area contributed by atoms with Crippen LogP contribution in [0.2, 0.25) is 0 Å². The Morgan fingerprint density at radius 1 is 1.30 bits per heavy atom. The second-order valence-electron chi connectivity index (χ2n) is 6.37. The zero-order valence-electron chi connectivity index (χ0n) is 15.0. The second-order valence-corrected chi connectivity index (χ2v) is 7.37. The first kappa shape index (κ1) is 19.0. The van der Waals surface area contributed by atoms with Crippen LogP contribution < -0.4 is 5.32 Å². The van der Waals surface area contributed by atoms with Crippen LogP contribution in [0.15, 0.2) is 35.7 Å². The third-order valence-corrected chi connectivity index (χ3v) is 5.76. The van der Waals surface area contributed by atoms with Gasteiger partial charge in [-0.2, -0.15) is 0 Å². The zero-order valence-corrected chi connectivity index (χ0v) is 15.8. The molecule has 1 aliphatic heterocycles. The van der Waals surface area contributed by atoms with E-state index in [1.165, 1.54) is 34.7 Å². The van der Waals surface area contributed by atoms with Crippen molar-refractivity contribution in [2.75, 3.05) is 13.1 Å². The van der Waals surface area contributed by atoms with Crippen molar-refractivity contribution in [3.05, 3.63) is 61.8 Å². The Morgan fingerprint density at radius 2 is 2.04 bits per heavy atom. The molecule has 0 bridgehead atoms. The summed E-state index contributed by atoms with van der Waals surface area (Å²) in [6.45, 7) is 3.02. The summed E-state index contributed by atoms with van der Waals surface area (Å²) >= 11 is 1.74. The SMILES string of the molecule is CCC1c2ccsc2CCN1C(=O)CCNC(=O)c1ccc([N+](=O)[O-])cc1. The monoisotopic (exact) mass is 387 g/mol. The molecular weight excluding hydrogens is 366 g/mol. The van der Waals surface area contributed by atoms with Crippen LogP contribution in [0.3, 0.4) is 0 Å².